The molecule has 24 heavy (non-hydrogen) atoms. The molecule has 1 heterocycles. The van der Waals surface area contributed by atoms with Crippen LogP contribution < -0.4 is 10.9 Å². The van der Waals surface area contributed by atoms with Crippen molar-refractivity contribution in [2.45, 2.75) is 19.8 Å². The molecule has 3 aromatic rings. The lowest BCUT2D eigenvalue weighted by Crippen LogP contribution is -2.13. The molecule has 0 aliphatic rings. The molecule has 0 aliphatic heterocycles. The Morgan fingerprint density at radius 2 is 1.96 bits per heavy atom. The first-order valence-corrected chi connectivity index (χ1v) is 7.70. The third-order valence-electron chi connectivity index (χ3n) is 3.89. The first-order chi connectivity index (χ1) is 11.5. The lowest BCUT2D eigenvalue weighted by Gasteiger charge is -2.07. The monoisotopic (exact) mass is 324 g/mol. The summed E-state index contributed by atoms with van der Waals surface area (Å²) in [7, 11) is 0. The molecule has 2 aromatic carbocycles. The molecule has 0 bridgehead atoms. The second-order valence-electron chi connectivity index (χ2n) is 5.72. The van der Waals surface area contributed by atoms with Gasteiger partial charge in [0.25, 0.3) is 5.56 Å². The van der Waals surface area contributed by atoms with Gasteiger partial charge < -0.3 is 10.3 Å². The quantitative estimate of drug-likeness (QED) is 0.771. The number of halogens is 1. The topological polar surface area (TPSA) is 62.0 Å². The summed E-state index contributed by atoms with van der Waals surface area (Å²) in [4.78, 5) is 26.5. The van der Waals surface area contributed by atoms with Crippen LogP contribution in [0.5, 0.6) is 0 Å². The molecule has 0 atom stereocenters. The van der Waals surface area contributed by atoms with Crippen molar-refractivity contribution in [1.82, 2.24) is 4.98 Å². The fourth-order valence-electron chi connectivity index (χ4n) is 2.56. The van der Waals surface area contributed by atoms with Crippen molar-refractivity contribution in [3.05, 3.63) is 75.8 Å². The van der Waals surface area contributed by atoms with Crippen molar-refractivity contribution < 1.29 is 9.18 Å². The van der Waals surface area contributed by atoms with Gasteiger partial charge in [0, 0.05) is 17.7 Å². The Kier molecular flexibility index (Phi) is 4.42. The number of anilines is 1. The van der Waals surface area contributed by atoms with Crippen LogP contribution in [-0.2, 0) is 11.2 Å². The van der Waals surface area contributed by atoms with Crippen LogP contribution in [-0.4, -0.2) is 10.9 Å². The number of pyridine rings is 1. The van der Waals surface area contributed by atoms with Gasteiger partial charge in [-0.25, -0.2) is 4.39 Å². The van der Waals surface area contributed by atoms with E-state index in [2.05, 4.69) is 10.3 Å². The zero-order valence-corrected chi connectivity index (χ0v) is 13.2. The second kappa shape index (κ2) is 6.66. The molecule has 0 fully saturated rings. The predicted octanol–water partition coefficient (Wildman–Crippen LogP) is 3.55. The Hall–Kier alpha value is -2.95. The summed E-state index contributed by atoms with van der Waals surface area (Å²) in [6.07, 6.45) is 0.519. The smallest absolute Gasteiger partial charge is 0.251 e. The first kappa shape index (κ1) is 15.9. The number of amides is 1. The summed E-state index contributed by atoms with van der Waals surface area (Å²) in [6.45, 7) is 1.75. The number of aromatic amines is 1. The molecule has 0 radical (unpaired) electrons. The van der Waals surface area contributed by atoms with Gasteiger partial charge in [-0.2, -0.15) is 0 Å². The number of aryl methyl sites for hydroxylation is 2. The summed E-state index contributed by atoms with van der Waals surface area (Å²) >= 11 is 0. The fourth-order valence-corrected chi connectivity index (χ4v) is 2.56. The SMILES string of the molecule is Cc1cc2ccc(NC(=O)CCc3ccccc3F)cc2[nH]c1=O. The number of benzene rings is 2. The van der Waals surface area contributed by atoms with Crippen molar-refractivity contribution in [3.63, 3.8) is 0 Å². The third-order valence-corrected chi connectivity index (χ3v) is 3.89. The van der Waals surface area contributed by atoms with Crippen LogP contribution in [0.4, 0.5) is 10.1 Å². The first-order valence-electron chi connectivity index (χ1n) is 7.70. The largest absolute Gasteiger partial charge is 0.326 e. The highest BCUT2D eigenvalue weighted by molar-refractivity contribution is 5.93. The molecule has 0 unspecified atom stereocenters. The van der Waals surface area contributed by atoms with Gasteiger partial charge in [0.2, 0.25) is 5.91 Å². The number of fused-ring (bicyclic) bond motifs is 1. The number of aromatic nitrogens is 1. The summed E-state index contributed by atoms with van der Waals surface area (Å²) in [5.41, 5.74) is 2.28. The van der Waals surface area contributed by atoms with E-state index in [4.69, 9.17) is 0 Å². The molecule has 2 N–H and O–H groups in total. The van der Waals surface area contributed by atoms with Gasteiger partial charge in [0.15, 0.2) is 0 Å². The van der Waals surface area contributed by atoms with Crippen LogP contribution in [0.3, 0.4) is 0 Å². The summed E-state index contributed by atoms with van der Waals surface area (Å²) in [6, 6.07) is 13.6. The van der Waals surface area contributed by atoms with Crippen LogP contribution >= 0.6 is 0 Å². The summed E-state index contributed by atoms with van der Waals surface area (Å²) < 4.78 is 13.5. The number of nitrogens with one attached hydrogen (secondary N) is 2. The molecule has 0 aliphatic carbocycles. The van der Waals surface area contributed by atoms with Crippen molar-refractivity contribution in [3.8, 4) is 0 Å². The lowest BCUT2D eigenvalue weighted by molar-refractivity contribution is -0.116. The average molecular weight is 324 g/mol. The molecule has 0 saturated heterocycles. The number of carbonyl (C=O) groups is 1. The van der Waals surface area contributed by atoms with E-state index in [0.717, 1.165) is 5.39 Å². The van der Waals surface area contributed by atoms with Gasteiger partial charge in [-0.1, -0.05) is 24.3 Å². The minimum atomic E-state index is -0.302. The zero-order chi connectivity index (χ0) is 17.1. The van der Waals surface area contributed by atoms with E-state index in [-0.39, 0.29) is 23.7 Å². The molecule has 0 saturated carbocycles. The Balaban J connectivity index is 1.70. The Morgan fingerprint density at radius 3 is 2.75 bits per heavy atom. The molecular formula is C19H17FN2O2. The van der Waals surface area contributed by atoms with E-state index in [1.54, 1.807) is 43.3 Å². The van der Waals surface area contributed by atoms with E-state index in [0.29, 0.717) is 28.8 Å². The van der Waals surface area contributed by atoms with Crippen molar-refractivity contribution in [1.29, 1.82) is 0 Å². The maximum atomic E-state index is 13.5. The summed E-state index contributed by atoms with van der Waals surface area (Å²) in [5.74, 6) is -0.504. The van der Waals surface area contributed by atoms with Gasteiger partial charge in [0.05, 0.1) is 5.52 Å². The highest BCUT2D eigenvalue weighted by atomic mass is 19.1. The second-order valence-corrected chi connectivity index (χ2v) is 5.72. The minimum Gasteiger partial charge on any atom is -0.326 e. The van der Waals surface area contributed by atoms with Gasteiger partial charge in [-0.3, -0.25) is 9.59 Å². The molecule has 0 spiro atoms. The molecule has 3 rings (SSSR count). The van der Waals surface area contributed by atoms with Crippen LogP contribution in [0.25, 0.3) is 10.9 Å². The number of hydrogen-bond donors (Lipinski definition) is 2. The normalized spacial score (nSPS) is 10.8. The number of hydrogen-bond acceptors (Lipinski definition) is 2. The zero-order valence-electron chi connectivity index (χ0n) is 13.2. The maximum Gasteiger partial charge on any atom is 0.251 e. The molecule has 5 heteroatoms. The molecular weight excluding hydrogens is 307 g/mol. The standard InChI is InChI=1S/C19H17FN2O2/c1-12-10-14-6-8-15(11-17(14)22-19(12)24)21-18(23)9-7-13-4-2-3-5-16(13)20/h2-6,8,10-11H,7,9H2,1H3,(H,21,23)(H,22,24). The van der Waals surface area contributed by atoms with Crippen molar-refractivity contribution in [2.24, 2.45) is 0 Å². The van der Waals surface area contributed by atoms with Gasteiger partial charge in [-0.15, -0.1) is 0 Å². The Labute approximate surface area is 138 Å². The molecule has 4 nitrogen and oxygen atoms in total. The molecule has 122 valence electrons. The van der Waals surface area contributed by atoms with E-state index in [1.807, 2.05) is 6.07 Å². The third kappa shape index (κ3) is 3.51. The van der Waals surface area contributed by atoms with Gasteiger partial charge >= 0.3 is 0 Å². The maximum absolute atomic E-state index is 13.5. The number of carbonyl (C=O) groups excluding carboxylic acids is 1. The highest BCUT2D eigenvalue weighted by Gasteiger charge is 2.07. The van der Waals surface area contributed by atoms with E-state index in [1.165, 1.54) is 6.07 Å². The van der Waals surface area contributed by atoms with Crippen molar-refractivity contribution >= 4 is 22.5 Å². The Bertz CT molecular complexity index is 963. The number of H-pyrrole nitrogens is 1. The fraction of sp³-hybridized carbons (Fsp3) is 0.158. The van der Waals surface area contributed by atoms with E-state index in [9.17, 15) is 14.0 Å². The van der Waals surface area contributed by atoms with Crippen LogP contribution in [0, 0.1) is 12.7 Å². The average Bonchev–Trinajstić information content (AvgIpc) is 2.55. The van der Waals surface area contributed by atoms with Gasteiger partial charge in [0.1, 0.15) is 5.82 Å². The predicted molar refractivity (Wildman–Crippen MR) is 92.7 cm³/mol. The van der Waals surface area contributed by atoms with E-state index >= 15 is 0 Å². The molecule has 1 amide bonds. The Morgan fingerprint density at radius 1 is 1.17 bits per heavy atom. The molecule has 1 aromatic heterocycles. The minimum absolute atomic E-state index is 0.148. The van der Waals surface area contributed by atoms with E-state index < -0.39 is 0 Å². The summed E-state index contributed by atoms with van der Waals surface area (Å²) in [5, 5.41) is 3.67. The highest BCUT2D eigenvalue weighted by Crippen LogP contribution is 2.17. The van der Waals surface area contributed by atoms with Crippen LogP contribution in [0.2, 0.25) is 0 Å². The number of rotatable bonds is 4. The van der Waals surface area contributed by atoms with Crippen molar-refractivity contribution in [2.75, 3.05) is 5.32 Å². The van der Waals surface area contributed by atoms with Crippen LogP contribution in [0.1, 0.15) is 17.5 Å². The lowest BCUT2D eigenvalue weighted by atomic mass is 10.1. The van der Waals surface area contributed by atoms with Gasteiger partial charge in [-0.05, 0) is 48.6 Å². The van der Waals surface area contributed by atoms with Crippen LogP contribution in [0.15, 0.2) is 53.3 Å².